The summed E-state index contributed by atoms with van der Waals surface area (Å²) in [6.07, 6.45) is 1.15. The van der Waals surface area contributed by atoms with Crippen molar-refractivity contribution in [2.45, 2.75) is 24.8 Å². The fourth-order valence-electron chi connectivity index (χ4n) is 1.56. The van der Waals surface area contributed by atoms with E-state index in [1.807, 2.05) is 13.8 Å². The Bertz CT molecular complexity index is 725. The molecular formula is C12H14BrN3O3S. The van der Waals surface area contributed by atoms with Gasteiger partial charge in [0.2, 0.25) is 4.73 Å². The summed E-state index contributed by atoms with van der Waals surface area (Å²) in [5.41, 5.74) is 0. The molecule has 0 spiro atoms. The molecule has 0 N–H and O–H groups in total. The van der Waals surface area contributed by atoms with Crippen LogP contribution in [0.15, 0.2) is 33.9 Å². The van der Waals surface area contributed by atoms with E-state index in [9.17, 15) is 8.42 Å². The zero-order chi connectivity index (χ0) is 14.9. The second-order valence-electron chi connectivity index (χ2n) is 4.55. The van der Waals surface area contributed by atoms with Crippen molar-refractivity contribution in [1.82, 2.24) is 14.8 Å². The first-order valence-electron chi connectivity index (χ1n) is 5.87. The Kier molecular flexibility index (Phi) is 4.14. The maximum absolute atomic E-state index is 11.5. The van der Waals surface area contributed by atoms with E-state index in [4.69, 9.17) is 4.74 Å². The van der Waals surface area contributed by atoms with Crippen LogP contribution in [0.25, 0.3) is 0 Å². The van der Waals surface area contributed by atoms with Gasteiger partial charge < -0.3 is 4.74 Å². The molecule has 0 amide bonds. The van der Waals surface area contributed by atoms with Gasteiger partial charge in [-0.3, -0.25) is 0 Å². The van der Waals surface area contributed by atoms with Gasteiger partial charge in [0.1, 0.15) is 5.75 Å². The van der Waals surface area contributed by atoms with Crippen LogP contribution in [0.1, 0.15) is 19.9 Å². The van der Waals surface area contributed by atoms with Crippen molar-refractivity contribution < 1.29 is 13.2 Å². The number of aromatic nitrogens is 3. The number of hydrogen-bond donors (Lipinski definition) is 0. The minimum absolute atomic E-state index is 0.0712. The molecule has 2 rings (SSSR count). The van der Waals surface area contributed by atoms with Crippen LogP contribution in [-0.2, 0) is 9.84 Å². The molecule has 2 aromatic rings. The zero-order valence-corrected chi connectivity index (χ0v) is 13.6. The van der Waals surface area contributed by atoms with Gasteiger partial charge in [0.05, 0.1) is 10.9 Å². The topological polar surface area (TPSA) is 74.1 Å². The summed E-state index contributed by atoms with van der Waals surface area (Å²) >= 11 is 3.19. The van der Waals surface area contributed by atoms with Gasteiger partial charge in [-0.25, -0.2) is 13.1 Å². The zero-order valence-electron chi connectivity index (χ0n) is 11.2. The first kappa shape index (κ1) is 15.0. The normalized spacial score (nSPS) is 11.8. The molecule has 1 heterocycles. The van der Waals surface area contributed by atoms with Crippen molar-refractivity contribution >= 4 is 25.8 Å². The van der Waals surface area contributed by atoms with Crippen molar-refractivity contribution in [2.75, 3.05) is 6.26 Å². The fraction of sp³-hybridized carbons (Fsp3) is 0.333. The van der Waals surface area contributed by atoms with Crippen molar-refractivity contribution in [3.8, 4) is 11.8 Å². The molecule has 0 atom stereocenters. The highest BCUT2D eigenvalue weighted by molar-refractivity contribution is 9.10. The third-order valence-corrected chi connectivity index (χ3v) is 3.95. The van der Waals surface area contributed by atoms with Crippen LogP contribution < -0.4 is 4.74 Å². The van der Waals surface area contributed by atoms with Gasteiger partial charge >= 0.3 is 6.01 Å². The summed E-state index contributed by atoms with van der Waals surface area (Å²) in [6.45, 7) is 3.89. The molecular weight excluding hydrogens is 346 g/mol. The molecule has 0 aliphatic heterocycles. The van der Waals surface area contributed by atoms with Crippen molar-refractivity contribution in [1.29, 1.82) is 0 Å². The number of ether oxygens (including phenoxy) is 1. The van der Waals surface area contributed by atoms with Gasteiger partial charge in [-0.1, -0.05) is 6.07 Å². The molecule has 108 valence electrons. The summed E-state index contributed by atoms with van der Waals surface area (Å²) in [5.74, 6) is 0.398. The van der Waals surface area contributed by atoms with Crippen LogP contribution in [-0.4, -0.2) is 29.4 Å². The molecule has 0 fully saturated rings. The SMILES string of the molecule is CC(C)n1nc(Br)nc1Oc1cccc(S(C)(=O)=O)c1. The Balaban J connectivity index is 2.36. The molecule has 6 nitrogen and oxygen atoms in total. The van der Waals surface area contributed by atoms with Crippen LogP contribution in [0.2, 0.25) is 0 Å². The van der Waals surface area contributed by atoms with Crippen LogP contribution in [0.5, 0.6) is 11.8 Å². The molecule has 20 heavy (non-hydrogen) atoms. The summed E-state index contributed by atoms with van der Waals surface area (Å²) < 4.78 is 30.7. The average Bonchev–Trinajstić information content (AvgIpc) is 2.69. The van der Waals surface area contributed by atoms with Gasteiger partial charge in [-0.2, -0.15) is 4.98 Å². The lowest BCUT2D eigenvalue weighted by Crippen LogP contribution is -2.05. The second-order valence-corrected chi connectivity index (χ2v) is 7.28. The average molecular weight is 360 g/mol. The van der Waals surface area contributed by atoms with E-state index in [0.717, 1.165) is 6.26 Å². The lowest BCUT2D eigenvalue weighted by atomic mass is 10.3. The van der Waals surface area contributed by atoms with Gasteiger partial charge in [0.25, 0.3) is 0 Å². The van der Waals surface area contributed by atoms with Gasteiger partial charge in [-0.15, -0.1) is 5.10 Å². The number of benzene rings is 1. The fourth-order valence-corrected chi connectivity index (χ4v) is 2.54. The van der Waals surface area contributed by atoms with Crippen LogP contribution >= 0.6 is 15.9 Å². The number of sulfone groups is 1. The minimum Gasteiger partial charge on any atom is -0.424 e. The summed E-state index contributed by atoms with van der Waals surface area (Å²) in [5, 5.41) is 4.16. The standard InChI is InChI=1S/C12H14BrN3O3S/c1-8(2)16-12(14-11(13)15-16)19-9-5-4-6-10(7-9)20(3,17)18/h4-8H,1-3H3. The molecule has 1 aromatic carbocycles. The van der Waals surface area contributed by atoms with Crippen LogP contribution in [0.4, 0.5) is 0 Å². The number of hydrogen-bond acceptors (Lipinski definition) is 5. The predicted octanol–water partition coefficient (Wildman–Crippen LogP) is 2.82. The Morgan fingerprint density at radius 1 is 1.35 bits per heavy atom. The predicted molar refractivity (Wildman–Crippen MR) is 77.7 cm³/mol. The lowest BCUT2D eigenvalue weighted by Gasteiger charge is -2.10. The van der Waals surface area contributed by atoms with Gasteiger partial charge in [0, 0.05) is 6.26 Å². The number of rotatable bonds is 4. The van der Waals surface area contributed by atoms with Crippen molar-refractivity contribution in [3.05, 3.63) is 29.0 Å². The van der Waals surface area contributed by atoms with Gasteiger partial charge in [-0.05, 0) is 48.0 Å². The van der Waals surface area contributed by atoms with E-state index < -0.39 is 9.84 Å². The van der Waals surface area contributed by atoms with Crippen molar-refractivity contribution in [3.63, 3.8) is 0 Å². The Morgan fingerprint density at radius 3 is 2.65 bits per heavy atom. The Morgan fingerprint density at radius 2 is 2.05 bits per heavy atom. The van der Waals surface area contributed by atoms with E-state index in [2.05, 4.69) is 26.0 Å². The largest absolute Gasteiger partial charge is 0.424 e. The molecule has 0 unspecified atom stereocenters. The molecule has 0 radical (unpaired) electrons. The van der Waals surface area contributed by atoms with Gasteiger partial charge in [0.15, 0.2) is 9.84 Å². The maximum atomic E-state index is 11.5. The summed E-state index contributed by atoms with van der Waals surface area (Å²) in [7, 11) is -3.27. The molecule has 8 heteroatoms. The summed E-state index contributed by atoms with van der Waals surface area (Å²) in [4.78, 5) is 4.31. The van der Waals surface area contributed by atoms with Crippen molar-refractivity contribution in [2.24, 2.45) is 0 Å². The van der Waals surface area contributed by atoms with E-state index >= 15 is 0 Å². The van der Waals surface area contributed by atoms with E-state index in [1.54, 1.807) is 16.8 Å². The number of nitrogens with zero attached hydrogens (tertiary/aromatic N) is 3. The second kappa shape index (κ2) is 5.53. The lowest BCUT2D eigenvalue weighted by molar-refractivity contribution is 0.375. The first-order chi connectivity index (χ1) is 9.27. The van der Waals surface area contributed by atoms with Crippen LogP contribution in [0, 0.1) is 0 Å². The molecule has 0 aliphatic carbocycles. The molecule has 0 bridgehead atoms. The molecule has 0 saturated carbocycles. The molecule has 0 aliphatic rings. The number of halogens is 1. The van der Waals surface area contributed by atoms with Crippen LogP contribution in [0.3, 0.4) is 0 Å². The highest BCUT2D eigenvalue weighted by Gasteiger charge is 2.14. The molecule has 1 aromatic heterocycles. The Hall–Kier alpha value is -1.41. The highest BCUT2D eigenvalue weighted by atomic mass is 79.9. The summed E-state index contributed by atoms with van der Waals surface area (Å²) in [6, 6.07) is 6.64. The smallest absolute Gasteiger partial charge is 0.321 e. The Labute approximate surface area is 125 Å². The first-order valence-corrected chi connectivity index (χ1v) is 8.56. The van der Waals surface area contributed by atoms with E-state index in [1.165, 1.54) is 12.1 Å². The third-order valence-electron chi connectivity index (χ3n) is 2.51. The third kappa shape index (κ3) is 3.37. The van der Waals surface area contributed by atoms with E-state index in [-0.39, 0.29) is 10.9 Å². The van der Waals surface area contributed by atoms with E-state index in [0.29, 0.717) is 16.5 Å². The highest BCUT2D eigenvalue weighted by Crippen LogP contribution is 2.25. The quantitative estimate of drug-likeness (QED) is 0.838. The monoisotopic (exact) mass is 359 g/mol. The molecule has 0 saturated heterocycles. The maximum Gasteiger partial charge on any atom is 0.321 e. The minimum atomic E-state index is -3.27.